The molecule has 0 amide bonds. The fourth-order valence-electron chi connectivity index (χ4n) is 1.83. The number of fused-ring (bicyclic) bond motifs is 1. The van der Waals surface area contributed by atoms with Gasteiger partial charge in [0.05, 0.1) is 7.11 Å². The van der Waals surface area contributed by atoms with Crippen LogP contribution in [0.4, 0.5) is 10.1 Å². The van der Waals surface area contributed by atoms with Crippen LogP contribution in [0.25, 0.3) is 10.9 Å². The number of ether oxygens (including phenoxy) is 1. The zero-order valence-corrected chi connectivity index (χ0v) is 11.0. The fraction of sp³-hybridized carbons (Fsp3) is 0.357. The molecule has 0 saturated carbocycles. The molecule has 96 valence electrons. The molecule has 0 radical (unpaired) electrons. The number of halogens is 1. The van der Waals surface area contributed by atoms with Crippen LogP contribution in [0.2, 0.25) is 0 Å². The van der Waals surface area contributed by atoms with Crippen molar-refractivity contribution < 1.29 is 9.13 Å². The van der Waals surface area contributed by atoms with Crippen LogP contribution in [0.1, 0.15) is 26.5 Å². The second-order valence-electron chi connectivity index (χ2n) is 5.35. The Morgan fingerprint density at radius 1 is 1.22 bits per heavy atom. The first-order chi connectivity index (χ1) is 8.32. The van der Waals surface area contributed by atoms with E-state index < -0.39 is 0 Å². The van der Waals surface area contributed by atoms with Gasteiger partial charge >= 0.3 is 0 Å². The Hall–Kier alpha value is -1.84. The van der Waals surface area contributed by atoms with Crippen LogP contribution in [0.5, 0.6) is 5.75 Å². The number of hydrogen-bond acceptors (Lipinski definition) is 3. The summed E-state index contributed by atoms with van der Waals surface area (Å²) >= 11 is 0. The summed E-state index contributed by atoms with van der Waals surface area (Å²) in [6, 6.07) is 4.50. The van der Waals surface area contributed by atoms with E-state index in [0.29, 0.717) is 22.3 Å². The van der Waals surface area contributed by atoms with Gasteiger partial charge in [-0.05, 0) is 12.1 Å². The summed E-state index contributed by atoms with van der Waals surface area (Å²) in [6.45, 7) is 6.16. The number of methoxy groups -OCH3 is 1. The molecular formula is C14H17FN2O. The smallest absolute Gasteiger partial charge is 0.148 e. The Morgan fingerprint density at radius 2 is 1.89 bits per heavy atom. The lowest BCUT2D eigenvalue weighted by molar-refractivity contribution is 0.415. The first kappa shape index (κ1) is 12.6. The van der Waals surface area contributed by atoms with Crippen molar-refractivity contribution in [1.29, 1.82) is 0 Å². The highest BCUT2D eigenvalue weighted by molar-refractivity contribution is 5.94. The van der Waals surface area contributed by atoms with Gasteiger partial charge in [0.25, 0.3) is 0 Å². The van der Waals surface area contributed by atoms with E-state index in [9.17, 15) is 4.39 Å². The minimum atomic E-state index is -0.378. The maximum atomic E-state index is 13.4. The molecule has 3 nitrogen and oxygen atoms in total. The molecule has 0 aliphatic heterocycles. The van der Waals surface area contributed by atoms with Gasteiger partial charge in [-0.15, -0.1) is 0 Å². The van der Waals surface area contributed by atoms with Crippen molar-refractivity contribution >= 4 is 16.6 Å². The van der Waals surface area contributed by atoms with Crippen LogP contribution in [-0.4, -0.2) is 12.1 Å². The largest absolute Gasteiger partial charge is 0.494 e. The van der Waals surface area contributed by atoms with E-state index in [2.05, 4.69) is 25.8 Å². The predicted molar refractivity (Wildman–Crippen MR) is 71.4 cm³/mol. The van der Waals surface area contributed by atoms with Crippen molar-refractivity contribution in [2.75, 3.05) is 12.8 Å². The number of anilines is 1. The average molecular weight is 248 g/mol. The van der Waals surface area contributed by atoms with Gasteiger partial charge in [0.15, 0.2) is 0 Å². The maximum absolute atomic E-state index is 13.4. The molecule has 18 heavy (non-hydrogen) atoms. The van der Waals surface area contributed by atoms with E-state index in [1.165, 1.54) is 19.2 Å². The monoisotopic (exact) mass is 248 g/mol. The standard InChI is InChI=1S/C14H17FN2O/c1-14(2,3)12-7-10(16)9-5-8(15)6-11(18-4)13(9)17-12/h5-7H,1-4H3,(H2,16,17). The Bertz CT molecular complexity index is 603. The van der Waals surface area contributed by atoms with Crippen LogP contribution in [0.15, 0.2) is 18.2 Å². The van der Waals surface area contributed by atoms with E-state index in [1.807, 2.05) is 0 Å². The molecular weight excluding hydrogens is 231 g/mol. The number of rotatable bonds is 1. The Balaban J connectivity index is 2.83. The number of nitrogen functional groups attached to an aromatic ring is 1. The summed E-state index contributed by atoms with van der Waals surface area (Å²) in [4.78, 5) is 4.55. The Kier molecular flexibility index (Phi) is 2.89. The molecule has 2 rings (SSSR count). The number of aromatic nitrogens is 1. The predicted octanol–water partition coefficient (Wildman–Crippen LogP) is 3.26. The Labute approximate surface area is 106 Å². The average Bonchev–Trinajstić information content (AvgIpc) is 2.27. The van der Waals surface area contributed by atoms with Gasteiger partial charge in [-0.25, -0.2) is 9.37 Å². The third-order valence-electron chi connectivity index (χ3n) is 2.86. The van der Waals surface area contributed by atoms with Crippen LogP contribution >= 0.6 is 0 Å². The summed E-state index contributed by atoms with van der Waals surface area (Å²) in [5.74, 6) is 0.0270. The van der Waals surface area contributed by atoms with E-state index in [-0.39, 0.29) is 11.2 Å². The minimum Gasteiger partial charge on any atom is -0.494 e. The van der Waals surface area contributed by atoms with Gasteiger partial charge in [-0.3, -0.25) is 0 Å². The summed E-state index contributed by atoms with van der Waals surface area (Å²) in [6.07, 6.45) is 0. The molecule has 0 aliphatic rings. The third kappa shape index (κ3) is 2.10. The molecule has 2 N–H and O–H groups in total. The van der Waals surface area contributed by atoms with Gasteiger partial charge in [0, 0.05) is 28.2 Å². The molecule has 0 aliphatic carbocycles. The normalized spacial score (nSPS) is 11.8. The van der Waals surface area contributed by atoms with E-state index >= 15 is 0 Å². The van der Waals surface area contributed by atoms with Crippen LogP contribution in [0.3, 0.4) is 0 Å². The third-order valence-corrected chi connectivity index (χ3v) is 2.86. The van der Waals surface area contributed by atoms with Crippen molar-refractivity contribution in [1.82, 2.24) is 4.98 Å². The SMILES string of the molecule is COc1cc(F)cc2c(N)cc(C(C)(C)C)nc12. The first-order valence-electron chi connectivity index (χ1n) is 5.77. The van der Waals surface area contributed by atoms with E-state index in [0.717, 1.165) is 5.69 Å². The van der Waals surface area contributed by atoms with Crippen molar-refractivity contribution in [3.8, 4) is 5.75 Å². The number of nitrogens with two attached hydrogens (primary N) is 1. The van der Waals surface area contributed by atoms with Gasteiger partial charge < -0.3 is 10.5 Å². The first-order valence-corrected chi connectivity index (χ1v) is 5.77. The number of pyridine rings is 1. The minimum absolute atomic E-state index is 0.123. The van der Waals surface area contributed by atoms with Gasteiger partial charge in [0.2, 0.25) is 0 Å². The molecule has 1 aromatic carbocycles. The lowest BCUT2D eigenvalue weighted by Crippen LogP contribution is -2.14. The van der Waals surface area contributed by atoms with Crippen LogP contribution < -0.4 is 10.5 Å². The second-order valence-corrected chi connectivity index (χ2v) is 5.35. The number of nitrogens with zero attached hydrogens (tertiary/aromatic N) is 1. The van der Waals surface area contributed by atoms with Crippen molar-refractivity contribution in [2.24, 2.45) is 0 Å². The topological polar surface area (TPSA) is 48.1 Å². The highest BCUT2D eigenvalue weighted by Gasteiger charge is 2.19. The molecule has 0 bridgehead atoms. The molecule has 0 unspecified atom stereocenters. The lowest BCUT2D eigenvalue weighted by Gasteiger charge is -2.19. The summed E-state index contributed by atoms with van der Waals surface area (Å²) in [5.41, 5.74) is 7.84. The fourth-order valence-corrected chi connectivity index (χ4v) is 1.83. The summed E-state index contributed by atoms with van der Waals surface area (Å²) in [5, 5.41) is 0.583. The molecule has 0 saturated heterocycles. The van der Waals surface area contributed by atoms with Gasteiger partial charge in [0.1, 0.15) is 17.1 Å². The van der Waals surface area contributed by atoms with E-state index in [4.69, 9.17) is 10.5 Å². The molecule has 0 spiro atoms. The quantitative estimate of drug-likeness (QED) is 0.842. The van der Waals surface area contributed by atoms with Gasteiger partial charge in [-0.1, -0.05) is 20.8 Å². The second kappa shape index (κ2) is 4.12. The maximum Gasteiger partial charge on any atom is 0.148 e. The summed E-state index contributed by atoms with van der Waals surface area (Å²) < 4.78 is 18.6. The number of hydrogen-bond donors (Lipinski definition) is 1. The van der Waals surface area contributed by atoms with Crippen LogP contribution in [0, 0.1) is 5.82 Å². The van der Waals surface area contributed by atoms with Gasteiger partial charge in [-0.2, -0.15) is 0 Å². The molecule has 4 heteroatoms. The molecule has 2 aromatic rings. The highest BCUT2D eigenvalue weighted by Crippen LogP contribution is 2.32. The molecule has 1 heterocycles. The Morgan fingerprint density at radius 3 is 2.44 bits per heavy atom. The van der Waals surface area contributed by atoms with Crippen molar-refractivity contribution in [3.63, 3.8) is 0 Å². The molecule has 0 fully saturated rings. The lowest BCUT2D eigenvalue weighted by atomic mass is 9.91. The summed E-state index contributed by atoms with van der Waals surface area (Å²) in [7, 11) is 1.50. The van der Waals surface area contributed by atoms with Crippen molar-refractivity contribution in [2.45, 2.75) is 26.2 Å². The zero-order chi connectivity index (χ0) is 13.5. The molecule has 1 aromatic heterocycles. The van der Waals surface area contributed by atoms with E-state index in [1.54, 1.807) is 6.07 Å². The molecule has 0 atom stereocenters. The van der Waals surface area contributed by atoms with Crippen molar-refractivity contribution in [3.05, 3.63) is 29.7 Å². The zero-order valence-electron chi connectivity index (χ0n) is 11.0. The van der Waals surface area contributed by atoms with Crippen LogP contribution in [-0.2, 0) is 5.41 Å². The highest BCUT2D eigenvalue weighted by atomic mass is 19.1. The number of benzene rings is 1.